The van der Waals surface area contributed by atoms with Gasteiger partial charge in [-0.1, -0.05) is 32.4 Å². The number of nitrogens with zero attached hydrogens (tertiary/aromatic N) is 2. The number of ether oxygens (including phenoxy) is 2. The van der Waals surface area contributed by atoms with Gasteiger partial charge in [-0.2, -0.15) is 5.26 Å². The van der Waals surface area contributed by atoms with Crippen LogP contribution in [0.1, 0.15) is 49.3 Å². The Hall–Kier alpha value is -1.84. The van der Waals surface area contributed by atoms with Crippen molar-refractivity contribution in [2.75, 3.05) is 37.8 Å². The van der Waals surface area contributed by atoms with Crippen molar-refractivity contribution in [3.05, 3.63) is 21.8 Å². The number of hydrogen-bond donors (Lipinski definition) is 0. The lowest BCUT2D eigenvalue weighted by Crippen LogP contribution is -2.42. The summed E-state index contributed by atoms with van der Waals surface area (Å²) in [6, 6.07) is 2.12. The van der Waals surface area contributed by atoms with Crippen molar-refractivity contribution in [3.8, 4) is 6.07 Å². The molecule has 1 aliphatic heterocycles. The predicted octanol–water partition coefficient (Wildman–Crippen LogP) is 2.34. The minimum atomic E-state index is -0.576. The van der Waals surface area contributed by atoms with Gasteiger partial charge in [0.25, 0.3) is 5.82 Å². The first-order valence-corrected chi connectivity index (χ1v) is 8.38. The van der Waals surface area contributed by atoms with Crippen LogP contribution in [0.2, 0.25) is 5.02 Å². The second-order valence-corrected chi connectivity index (χ2v) is 6.97. The van der Waals surface area contributed by atoms with E-state index in [1.807, 2.05) is 25.7 Å². The Morgan fingerprint density at radius 1 is 1.42 bits per heavy atom. The number of halogens is 1. The van der Waals surface area contributed by atoms with E-state index < -0.39 is 5.97 Å². The van der Waals surface area contributed by atoms with Crippen LogP contribution >= 0.6 is 11.6 Å². The van der Waals surface area contributed by atoms with Crippen LogP contribution in [0.5, 0.6) is 0 Å². The molecule has 1 aliphatic rings. The Morgan fingerprint density at radius 3 is 2.54 bits per heavy atom. The summed E-state index contributed by atoms with van der Waals surface area (Å²) < 4.78 is 10.5. The van der Waals surface area contributed by atoms with Crippen molar-refractivity contribution < 1.29 is 19.3 Å². The van der Waals surface area contributed by atoms with Gasteiger partial charge in [-0.15, -0.1) is 0 Å². The van der Waals surface area contributed by atoms with E-state index in [4.69, 9.17) is 21.1 Å². The molecule has 24 heavy (non-hydrogen) atoms. The highest BCUT2D eigenvalue weighted by Gasteiger charge is 2.35. The number of nitrogens with one attached hydrogen (secondary N) is 1. The second-order valence-electron chi connectivity index (χ2n) is 6.59. The van der Waals surface area contributed by atoms with Gasteiger partial charge in [0.15, 0.2) is 5.56 Å². The van der Waals surface area contributed by atoms with E-state index in [2.05, 4.69) is 11.1 Å². The molecule has 0 spiro atoms. The van der Waals surface area contributed by atoms with Crippen LogP contribution in [-0.4, -0.2) is 38.9 Å². The summed E-state index contributed by atoms with van der Waals surface area (Å²) in [6.07, 6.45) is 0. The fourth-order valence-corrected chi connectivity index (χ4v) is 3.14. The minimum absolute atomic E-state index is 0.131. The van der Waals surface area contributed by atoms with Gasteiger partial charge in [-0.25, -0.2) is 9.78 Å². The molecule has 0 atom stereocenters. The predicted molar refractivity (Wildman–Crippen MR) is 90.4 cm³/mol. The number of hydrogen-bond acceptors (Lipinski definition) is 5. The number of carbonyl (C=O) groups is 1. The summed E-state index contributed by atoms with van der Waals surface area (Å²) >= 11 is 6.49. The molecule has 1 fully saturated rings. The van der Waals surface area contributed by atoms with E-state index in [0.717, 1.165) is 0 Å². The van der Waals surface area contributed by atoms with Gasteiger partial charge in [0, 0.05) is 5.41 Å². The van der Waals surface area contributed by atoms with Crippen molar-refractivity contribution in [3.63, 3.8) is 0 Å². The molecule has 0 aromatic carbocycles. The van der Waals surface area contributed by atoms with E-state index >= 15 is 0 Å². The summed E-state index contributed by atoms with van der Waals surface area (Å²) in [6.45, 7) is 10.3. The van der Waals surface area contributed by atoms with Crippen molar-refractivity contribution in [2.24, 2.45) is 0 Å². The van der Waals surface area contributed by atoms with Gasteiger partial charge >= 0.3 is 5.97 Å². The molecular weight excluding hydrogens is 330 g/mol. The topological polar surface area (TPSA) is 76.7 Å². The first-order valence-electron chi connectivity index (χ1n) is 8.00. The molecule has 0 saturated carbocycles. The lowest BCUT2D eigenvalue weighted by Gasteiger charge is -2.25. The fourth-order valence-electron chi connectivity index (χ4n) is 2.63. The number of nitriles is 1. The molecule has 1 aromatic heterocycles. The van der Waals surface area contributed by atoms with Gasteiger partial charge in [0.05, 0.1) is 24.8 Å². The van der Waals surface area contributed by atoms with Crippen LogP contribution in [-0.2, 0) is 14.9 Å². The van der Waals surface area contributed by atoms with Crippen LogP contribution in [0.3, 0.4) is 0 Å². The maximum atomic E-state index is 12.4. The molecule has 1 aromatic rings. The monoisotopic (exact) mass is 352 g/mol. The molecule has 0 amide bonds. The van der Waals surface area contributed by atoms with Crippen LogP contribution < -0.4 is 9.88 Å². The SMILES string of the molecule is CCOC(=O)c1c(Cl)c(C(C)(C)C)[nH+]c(N2CCOCC2)c1C#N. The van der Waals surface area contributed by atoms with Crippen LogP contribution in [0.4, 0.5) is 5.82 Å². The average molecular weight is 353 g/mol. The van der Waals surface area contributed by atoms with Crippen LogP contribution in [0.15, 0.2) is 0 Å². The molecule has 1 saturated heterocycles. The Bertz CT molecular complexity index is 671. The lowest BCUT2D eigenvalue weighted by molar-refractivity contribution is -0.383. The van der Waals surface area contributed by atoms with Gasteiger partial charge in [0.1, 0.15) is 30.4 Å². The molecule has 7 heteroatoms. The van der Waals surface area contributed by atoms with Crippen LogP contribution in [0.25, 0.3) is 0 Å². The van der Waals surface area contributed by atoms with E-state index in [0.29, 0.717) is 37.8 Å². The number of aromatic nitrogens is 1. The molecule has 2 heterocycles. The Morgan fingerprint density at radius 2 is 2.04 bits per heavy atom. The smallest absolute Gasteiger partial charge is 0.341 e. The van der Waals surface area contributed by atoms with Gasteiger partial charge in [-0.05, 0) is 6.92 Å². The molecule has 0 aliphatic carbocycles. The lowest BCUT2D eigenvalue weighted by atomic mass is 9.89. The highest BCUT2D eigenvalue weighted by atomic mass is 35.5. The molecule has 2 rings (SSSR count). The first-order chi connectivity index (χ1) is 11.3. The summed E-state index contributed by atoms with van der Waals surface area (Å²) in [5.41, 5.74) is 0.722. The summed E-state index contributed by atoms with van der Waals surface area (Å²) in [7, 11) is 0. The normalized spacial score (nSPS) is 15.1. The number of anilines is 1. The second kappa shape index (κ2) is 7.37. The molecule has 130 valence electrons. The third kappa shape index (κ3) is 3.63. The third-order valence-electron chi connectivity index (χ3n) is 3.84. The number of H-pyrrole nitrogens is 1. The van der Waals surface area contributed by atoms with Crippen molar-refractivity contribution >= 4 is 23.4 Å². The zero-order valence-electron chi connectivity index (χ0n) is 14.5. The molecule has 1 N–H and O–H groups in total. The van der Waals surface area contributed by atoms with Crippen molar-refractivity contribution in [2.45, 2.75) is 33.1 Å². The minimum Gasteiger partial charge on any atom is -0.462 e. The molecule has 6 nitrogen and oxygen atoms in total. The summed E-state index contributed by atoms with van der Waals surface area (Å²) in [5.74, 6) is 0.0197. The maximum Gasteiger partial charge on any atom is 0.341 e. The van der Waals surface area contributed by atoms with E-state index in [-0.39, 0.29) is 28.2 Å². The van der Waals surface area contributed by atoms with Gasteiger partial charge in [-0.3, -0.25) is 4.90 Å². The molecular formula is C17H23ClN3O3+. The van der Waals surface area contributed by atoms with Crippen LogP contribution in [0, 0.1) is 11.3 Å². The Kier molecular flexibility index (Phi) is 5.68. The van der Waals surface area contributed by atoms with Crippen molar-refractivity contribution in [1.82, 2.24) is 0 Å². The quantitative estimate of drug-likeness (QED) is 0.780. The van der Waals surface area contributed by atoms with E-state index in [1.54, 1.807) is 6.92 Å². The van der Waals surface area contributed by atoms with Gasteiger partial charge in [0.2, 0.25) is 0 Å². The molecule has 0 radical (unpaired) electrons. The van der Waals surface area contributed by atoms with Crippen molar-refractivity contribution in [1.29, 1.82) is 5.26 Å². The largest absolute Gasteiger partial charge is 0.462 e. The highest BCUT2D eigenvalue weighted by molar-refractivity contribution is 6.34. The first kappa shape index (κ1) is 18.5. The average Bonchev–Trinajstić information content (AvgIpc) is 2.54. The standard InChI is InChI=1S/C17H22ClN3O3/c1-5-24-16(22)12-11(10-19)15(21-6-8-23-9-7-21)20-14(13(12)18)17(2,3)4/h5-9H2,1-4H3/p+1. The van der Waals surface area contributed by atoms with E-state index in [9.17, 15) is 10.1 Å². The number of morpholine rings is 1. The fraction of sp³-hybridized carbons (Fsp3) is 0.588. The highest BCUT2D eigenvalue weighted by Crippen LogP contribution is 2.34. The van der Waals surface area contributed by atoms with Gasteiger partial charge < -0.3 is 9.47 Å². The Labute approximate surface area is 147 Å². The number of aromatic amines is 1. The maximum absolute atomic E-state index is 12.4. The molecule has 0 unspecified atom stereocenters. The zero-order chi connectivity index (χ0) is 17.9. The zero-order valence-corrected chi connectivity index (χ0v) is 15.3. The number of esters is 1. The summed E-state index contributed by atoms with van der Waals surface area (Å²) in [4.78, 5) is 17.7. The number of rotatable bonds is 3. The Balaban J connectivity index is 2.71. The third-order valence-corrected chi connectivity index (χ3v) is 4.22. The number of carbonyl (C=O) groups excluding carboxylic acids is 1. The van der Waals surface area contributed by atoms with E-state index in [1.165, 1.54) is 0 Å². The summed E-state index contributed by atoms with van der Waals surface area (Å²) in [5, 5.41) is 9.92. The number of pyridine rings is 1. The molecule has 0 bridgehead atoms.